The van der Waals surface area contributed by atoms with E-state index in [0.717, 1.165) is 0 Å². The molecule has 0 radical (unpaired) electrons. The third-order valence-corrected chi connectivity index (χ3v) is 5.75. The van der Waals surface area contributed by atoms with Gasteiger partial charge in [0.25, 0.3) is 0 Å². The van der Waals surface area contributed by atoms with Gasteiger partial charge < -0.3 is 9.87 Å². The number of nitrogens with one attached hydrogen (secondary N) is 1. The van der Waals surface area contributed by atoms with Crippen LogP contribution >= 0.6 is 0 Å². The van der Waals surface area contributed by atoms with Crippen LogP contribution in [0.5, 0.6) is 0 Å². The molecule has 9 heteroatoms. The summed E-state index contributed by atoms with van der Waals surface area (Å²) < 4.78 is 54.0. The average molecular weight is 321 g/mol. The van der Waals surface area contributed by atoms with Crippen LogP contribution in [0.3, 0.4) is 0 Å². The van der Waals surface area contributed by atoms with Gasteiger partial charge in [-0.2, -0.15) is 0 Å². The normalized spacial score (nSPS) is 25.8. The Balaban J connectivity index is 0.00000289. The molecule has 0 aromatic rings. The molecular weight excluding hydrogens is 305 g/mol. The molecule has 1 aliphatic rings. The van der Waals surface area contributed by atoms with E-state index in [4.69, 9.17) is 0 Å². The first kappa shape index (κ1) is 19.2. The smallest absolute Gasteiger partial charge is 0.748 e. The summed E-state index contributed by atoms with van der Waals surface area (Å²) in [6.07, 6.45) is 2.72. The molecule has 100 valence electrons. The molecule has 0 saturated carbocycles. The molecule has 0 aliphatic carbocycles. The molecule has 1 aliphatic heterocycles. The second-order valence-corrected chi connectivity index (χ2v) is 7.84. The van der Waals surface area contributed by atoms with Gasteiger partial charge in [-0.1, -0.05) is 6.08 Å². The van der Waals surface area contributed by atoms with Crippen molar-refractivity contribution in [3.63, 3.8) is 0 Å². The van der Waals surface area contributed by atoms with Gasteiger partial charge in [0.05, 0.1) is 26.9 Å². The topological polar surface area (TPSA) is 103 Å². The van der Waals surface area contributed by atoms with Gasteiger partial charge in [-0.15, -0.1) is 6.58 Å². The van der Waals surface area contributed by atoms with E-state index in [-0.39, 0.29) is 69.7 Å². The molecule has 1 heterocycles. The van der Waals surface area contributed by atoms with Crippen molar-refractivity contribution in [2.24, 2.45) is 0 Å². The maximum Gasteiger partial charge on any atom is 1.00 e. The van der Waals surface area contributed by atoms with E-state index in [0.29, 0.717) is 12.8 Å². The monoisotopic (exact) mass is 321 g/mol. The molecule has 2 atom stereocenters. The van der Waals surface area contributed by atoms with Crippen LogP contribution in [0.2, 0.25) is 0 Å². The van der Waals surface area contributed by atoms with Crippen molar-refractivity contribution < 1.29 is 72.8 Å². The van der Waals surface area contributed by atoms with Crippen molar-refractivity contribution in [1.82, 2.24) is 5.32 Å². The van der Waals surface area contributed by atoms with Crippen LogP contribution in [0.15, 0.2) is 12.7 Å². The van der Waals surface area contributed by atoms with E-state index in [9.17, 15) is 21.4 Å². The standard InChI is InChI=1S/C9H17NO5S2.K/c1-2-3-4-9-8(7-16(9,11)12)10-5-6-17(13,14)15;/h2,8-10H,1,3-7H2,(H,13,14,15);/q;+1/p-1. The van der Waals surface area contributed by atoms with Crippen molar-refractivity contribution >= 4 is 20.0 Å². The summed E-state index contributed by atoms with van der Waals surface area (Å²) in [4.78, 5) is 0. The minimum absolute atomic E-state index is 0. The predicted octanol–water partition coefficient (Wildman–Crippen LogP) is -3.74. The number of allylic oxidation sites excluding steroid dienone is 1. The SMILES string of the molecule is C=CCCC1C(NCCS(=O)(=O)[O-])CS1(=O)=O.[K+]. The Kier molecular flexibility index (Phi) is 8.36. The van der Waals surface area contributed by atoms with Crippen LogP contribution in [-0.4, -0.2) is 50.7 Å². The third-order valence-electron chi connectivity index (χ3n) is 2.74. The summed E-state index contributed by atoms with van der Waals surface area (Å²) >= 11 is 0. The fraction of sp³-hybridized carbons (Fsp3) is 0.778. The van der Waals surface area contributed by atoms with Crippen molar-refractivity contribution in [2.75, 3.05) is 18.1 Å². The largest absolute Gasteiger partial charge is 1.00 e. The van der Waals surface area contributed by atoms with Crippen molar-refractivity contribution in [2.45, 2.75) is 24.1 Å². The molecule has 0 spiro atoms. The van der Waals surface area contributed by atoms with Gasteiger partial charge in [-0.25, -0.2) is 16.8 Å². The van der Waals surface area contributed by atoms with Crippen LogP contribution in [0.4, 0.5) is 0 Å². The quantitative estimate of drug-likeness (QED) is 0.294. The zero-order valence-corrected chi connectivity index (χ0v) is 15.1. The minimum atomic E-state index is -4.25. The Labute approximate surface area is 151 Å². The maximum absolute atomic E-state index is 11.4. The first-order valence-electron chi connectivity index (χ1n) is 5.25. The van der Waals surface area contributed by atoms with E-state index in [1.165, 1.54) is 0 Å². The molecule has 0 aromatic heterocycles. The predicted molar refractivity (Wildman–Crippen MR) is 63.4 cm³/mol. The first-order chi connectivity index (χ1) is 7.76. The van der Waals surface area contributed by atoms with Crippen LogP contribution in [-0.2, 0) is 20.0 Å². The number of hydrogen-bond acceptors (Lipinski definition) is 6. The van der Waals surface area contributed by atoms with E-state index >= 15 is 0 Å². The molecule has 0 amide bonds. The van der Waals surface area contributed by atoms with Gasteiger partial charge in [-0.3, -0.25) is 0 Å². The molecule has 0 bridgehead atoms. The second-order valence-electron chi connectivity index (χ2n) is 4.06. The fourth-order valence-electron chi connectivity index (χ4n) is 1.83. The Morgan fingerprint density at radius 3 is 2.50 bits per heavy atom. The maximum atomic E-state index is 11.4. The van der Waals surface area contributed by atoms with Crippen LogP contribution in [0.1, 0.15) is 12.8 Å². The zero-order valence-electron chi connectivity index (χ0n) is 10.3. The Morgan fingerprint density at radius 2 is 2.06 bits per heavy atom. The van der Waals surface area contributed by atoms with Crippen molar-refractivity contribution in [3.8, 4) is 0 Å². The molecule has 1 fully saturated rings. The van der Waals surface area contributed by atoms with E-state index < -0.39 is 31.0 Å². The molecule has 1 N–H and O–H groups in total. The number of sulfone groups is 1. The van der Waals surface area contributed by atoms with E-state index in [1.807, 2.05) is 0 Å². The molecule has 1 saturated heterocycles. The summed E-state index contributed by atoms with van der Waals surface area (Å²) in [5, 5.41) is 2.31. The molecule has 18 heavy (non-hydrogen) atoms. The first-order valence-corrected chi connectivity index (χ1v) is 8.55. The zero-order chi connectivity index (χ0) is 13.1. The van der Waals surface area contributed by atoms with Gasteiger partial charge in [0, 0.05) is 12.6 Å². The van der Waals surface area contributed by atoms with Crippen LogP contribution in [0, 0.1) is 0 Å². The summed E-state index contributed by atoms with van der Waals surface area (Å²) in [6, 6.07) is -0.248. The van der Waals surface area contributed by atoms with E-state index in [2.05, 4.69) is 11.9 Å². The Bertz CT molecular complexity index is 473. The molecule has 0 aromatic carbocycles. The fourth-order valence-corrected chi connectivity index (χ4v) is 4.13. The van der Waals surface area contributed by atoms with Gasteiger partial charge in [0.2, 0.25) is 0 Å². The van der Waals surface area contributed by atoms with Crippen LogP contribution in [0.25, 0.3) is 0 Å². The minimum Gasteiger partial charge on any atom is -0.748 e. The molecule has 6 nitrogen and oxygen atoms in total. The molecule has 1 rings (SSSR count). The molecule has 2 unspecified atom stereocenters. The van der Waals surface area contributed by atoms with Crippen molar-refractivity contribution in [1.29, 1.82) is 0 Å². The van der Waals surface area contributed by atoms with Gasteiger partial charge >= 0.3 is 51.4 Å². The van der Waals surface area contributed by atoms with Gasteiger partial charge in [-0.05, 0) is 12.8 Å². The third kappa shape index (κ3) is 6.10. The second kappa shape index (κ2) is 7.84. The van der Waals surface area contributed by atoms with Crippen LogP contribution < -0.4 is 56.7 Å². The van der Waals surface area contributed by atoms with Crippen molar-refractivity contribution in [3.05, 3.63) is 12.7 Å². The summed E-state index contributed by atoms with van der Waals surface area (Å²) in [6.45, 7) is 3.52. The summed E-state index contributed by atoms with van der Waals surface area (Å²) in [5.74, 6) is -0.508. The Morgan fingerprint density at radius 1 is 1.44 bits per heavy atom. The summed E-state index contributed by atoms with van der Waals surface area (Å²) in [5.41, 5.74) is 0. The van der Waals surface area contributed by atoms with E-state index in [1.54, 1.807) is 6.08 Å². The van der Waals surface area contributed by atoms with Gasteiger partial charge in [0.15, 0.2) is 9.84 Å². The number of rotatable bonds is 7. The molecular formula is C9H16KNO5S2. The van der Waals surface area contributed by atoms with Gasteiger partial charge in [0.1, 0.15) is 0 Å². The average Bonchev–Trinajstić information content (AvgIpc) is 2.14. The summed E-state index contributed by atoms with van der Waals surface area (Å²) in [7, 11) is -7.29. The number of hydrogen-bond donors (Lipinski definition) is 1. The Hall–Kier alpha value is 1.20.